The number of hydrogen-bond acceptors (Lipinski definition) is 3. The van der Waals surface area contributed by atoms with Gasteiger partial charge in [0, 0.05) is 24.8 Å². The van der Waals surface area contributed by atoms with Gasteiger partial charge in [0.15, 0.2) is 0 Å². The summed E-state index contributed by atoms with van der Waals surface area (Å²) in [5.74, 6) is -0.0503. The highest BCUT2D eigenvalue weighted by molar-refractivity contribution is 5.89. The van der Waals surface area contributed by atoms with E-state index in [4.69, 9.17) is 5.11 Å². The topological polar surface area (TPSA) is 53.4 Å². The highest BCUT2D eigenvalue weighted by Gasteiger charge is 2.15. The Balaban J connectivity index is 2.37. The van der Waals surface area contributed by atoms with E-state index in [0.717, 1.165) is 30.9 Å². The number of hydrogen-bond donors (Lipinski definition) is 1. The lowest BCUT2D eigenvalue weighted by Crippen LogP contribution is -2.27. The SMILES string of the molecule is CCCN1CC=Cc2cc(C(=O)O)cnc21. The van der Waals surface area contributed by atoms with E-state index in [1.807, 2.05) is 12.2 Å². The number of fused-ring (bicyclic) bond motifs is 1. The largest absolute Gasteiger partial charge is 0.478 e. The Morgan fingerprint density at radius 1 is 1.62 bits per heavy atom. The fraction of sp³-hybridized carbons (Fsp3) is 0.333. The van der Waals surface area contributed by atoms with Gasteiger partial charge in [0.25, 0.3) is 0 Å². The summed E-state index contributed by atoms with van der Waals surface area (Å²) in [4.78, 5) is 17.2. The first kappa shape index (κ1) is 10.7. The maximum Gasteiger partial charge on any atom is 0.337 e. The molecule has 1 aliphatic heterocycles. The summed E-state index contributed by atoms with van der Waals surface area (Å²) in [5, 5.41) is 8.88. The smallest absolute Gasteiger partial charge is 0.337 e. The Kier molecular flexibility index (Phi) is 2.90. The average molecular weight is 218 g/mol. The molecule has 16 heavy (non-hydrogen) atoms. The molecule has 0 radical (unpaired) electrons. The van der Waals surface area contributed by atoms with Crippen LogP contribution in [0.2, 0.25) is 0 Å². The van der Waals surface area contributed by atoms with Gasteiger partial charge in [-0.25, -0.2) is 9.78 Å². The highest BCUT2D eigenvalue weighted by atomic mass is 16.4. The van der Waals surface area contributed by atoms with Crippen LogP contribution in [0.5, 0.6) is 0 Å². The summed E-state index contributed by atoms with van der Waals surface area (Å²) >= 11 is 0. The Morgan fingerprint density at radius 2 is 2.44 bits per heavy atom. The first-order valence-corrected chi connectivity index (χ1v) is 5.37. The lowest BCUT2D eigenvalue weighted by Gasteiger charge is -2.26. The molecule has 0 bridgehead atoms. The fourth-order valence-electron chi connectivity index (χ4n) is 1.84. The summed E-state index contributed by atoms with van der Waals surface area (Å²) in [6.07, 6.45) is 6.44. The van der Waals surface area contributed by atoms with Crippen molar-refractivity contribution in [1.82, 2.24) is 4.98 Å². The van der Waals surface area contributed by atoms with Gasteiger partial charge >= 0.3 is 5.97 Å². The number of rotatable bonds is 3. The molecular weight excluding hydrogens is 204 g/mol. The van der Waals surface area contributed by atoms with Gasteiger partial charge in [-0.2, -0.15) is 0 Å². The second-order valence-corrected chi connectivity index (χ2v) is 3.79. The van der Waals surface area contributed by atoms with Crippen LogP contribution in [0.25, 0.3) is 6.08 Å². The van der Waals surface area contributed by atoms with E-state index in [1.54, 1.807) is 6.07 Å². The zero-order valence-corrected chi connectivity index (χ0v) is 9.18. The number of aromatic nitrogens is 1. The number of carboxylic acids is 1. The third-order valence-electron chi connectivity index (χ3n) is 2.56. The Bertz CT molecular complexity index is 441. The number of anilines is 1. The lowest BCUT2D eigenvalue weighted by atomic mass is 10.1. The number of aromatic carboxylic acids is 1. The first-order valence-electron chi connectivity index (χ1n) is 5.37. The summed E-state index contributed by atoms with van der Waals surface area (Å²) in [7, 11) is 0. The average Bonchev–Trinajstić information content (AvgIpc) is 2.29. The number of carboxylic acid groups (broad SMARTS) is 1. The molecule has 1 N–H and O–H groups in total. The van der Waals surface area contributed by atoms with Crippen molar-refractivity contribution in [3.05, 3.63) is 29.5 Å². The quantitative estimate of drug-likeness (QED) is 0.843. The maximum atomic E-state index is 10.8. The molecule has 0 amide bonds. The maximum absolute atomic E-state index is 10.8. The van der Waals surface area contributed by atoms with Crippen LogP contribution in [0.15, 0.2) is 18.3 Å². The summed E-state index contributed by atoms with van der Waals surface area (Å²) in [5.41, 5.74) is 1.13. The van der Waals surface area contributed by atoms with Gasteiger partial charge in [-0.15, -0.1) is 0 Å². The molecule has 84 valence electrons. The normalized spacial score (nSPS) is 13.7. The van der Waals surface area contributed by atoms with E-state index >= 15 is 0 Å². The van der Waals surface area contributed by atoms with E-state index in [-0.39, 0.29) is 5.56 Å². The molecule has 0 unspecified atom stereocenters. The third-order valence-corrected chi connectivity index (χ3v) is 2.56. The number of carbonyl (C=O) groups is 1. The van der Waals surface area contributed by atoms with Crippen LogP contribution in [0.1, 0.15) is 29.3 Å². The zero-order chi connectivity index (χ0) is 11.5. The molecular formula is C12H14N2O2. The van der Waals surface area contributed by atoms with Gasteiger partial charge in [-0.3, -0.25) is 0 Å². The van der Waals surface area contributed by atoms with Crippen LogP contribution >= 0.6 is 0 Å². The number of nitrogens with zero attached hydrogens (tertiary/aromatic N) is 2. The molecule has 0 saturated carbocycles. The third kappa shape index (κ3) is 1.91. The van der Waals surface area contributed by atoms with Crippen LogP contribution in [-0.4, -0.2) is 29.1 Å². The molecule has 2 rings (SSSR count). The molecule has 4 nitrogen and oxygen atoms in total. The van der Waals surface area contributed by atoms with Gasteiger partial charge in [0.1, 0.15) is 5.82 Å². The van der Waals surface area contributed by atoms with E-state index in [1.165, 1.54) is 6.20 Å². The molecule has 1 aromatic heterocycles. The molecule has 0 saturated heterocycles. The van der Waals surface area contributed by atoms with Crippen molar-refractivity contribution in [2.75, 3.05) is 18.0 Å². The Labute approximate surface area is 94.2 Å². The molecule has 0 aromatic carbocycles. The monoisotopic (exact) mass is 218 g/mol. The molecule has 2 heterocycles. The summed E-state index contributed by atoms with van der Waals surface area (Å²) < 4.78 is 0. The molecule has 0 atom stereocenters. The van der Waals surface area contributed by atoms with E-state index in [9.17, 15) is 4.79 Å². The van der Waals surface area contributed by atoms with Gasteiger partial charge in [-0.1, -0.05) is 19.1 Å². The van der Waals surface area contributed by atoms with E-state index in [2.05, 4.69) is 16.8 Å². The minimum Gasteiger partial charge on any atom is -0.478 e. The predicted octanol–water partition coefficient (Wildman–Crippen LogP) is 2.02. The standard InChI is InChI=1S/C12H14N2O2/c1-2-5-14-6-3-4-9-7-10(12(15)16)8-13-11(9)14/h3-4,7-8H,2,5-6H2,1H3,(H,15,16). The van der Waals surface area contributed by atoms with Crippen molar-refractivity contribution in [2.45, 2.75) is 13.3 Å². The Hall–Kier alpha value is -1.84. The second-order valence-electron chi connectivity index (χ2n) is 3.79. The van der Waals surface area contributed by atoms with E-state index in [0.29, 0.717) is 0 Å². The molecule has 4 heteroatoms. The van der Waals surface area contributed by atoms with Crippen molar-refractivity contribution in [1.29, 1.82) is 0 Å². The highest BCUT2D eigenvalue weighted by Crippen LogP contribution is 2.24. The second kappa shape index (κ2) is 4.35. The van der Waals surface area contributed by atoms with Gasteiger partial charge in [0.05, 0.1) is 5.56 Å². The fourth-order valence-corrected chi connectivity index (χ4v) is 1.84. The van der Waals surface area contributed by atoms with Crippen LogP contribution < -0.4 is 4.90 Å². The van der Waals surface area contributed by atoms with Crippen LogP contribution in [-0.2, 0) is 0 Å². The first-order chi connectivity index (χ1) is 7.72. The van der Waals surface area contributed by atoms with Gasteiger partial charge in [-0.05, 0) is 12.5 Å². The van der Waals surface area contributed by atoms with Crippen molar-refractivity contribution >= 4 is 17.9 Å². The summed E-state index contributed by atoms with van der Waals surface area (Å²) in [6.45, 7) is 3.90. The molecule has 1 aliphatic rings. The molecule has 0 spiro atoms. The molecule has 0 aliphatic carbocycles. The minimum atomic E-state index is -0.934. The Morgan fingerprint density at radius 3 is 3.12 bits per heavy atom. The summed E-state index contributed by atoms with van der Waals surface area (Å²) in [6, 6.07) is 1.67. The van der Waals surface area contributed by atoms with Gasteiger partial charge < -0.3 is 10.0 Å². The number of pyridine rings is 1. The predicted molar refractivity (Wildman–Crippen MR) is 62.7 cm³/mol. The zero-order valence-electron chi connectivity index (χ0n) is 9.18. The van der Waals surface area contributed by atoms with Crippen molar-refractivity contribution in [2.24, 2.45) is 0 Å². The van der Waals surface area contributed by atoms with Crippen LogP contribution in [0, 0.1) is 0 Å². The lowest BCUT2D eigenvalue weighted by molar-refractivity contribution is 0.0696. The van der Waals surface area contributed by atoms with Crippen molar-refractivity contribution in [3.63, 3.8) is 0 Å². The molecule has 1 aromatic rings. The van der Waals surface area contributed by atoms with Gasteiger partial charge in [0.2, 0.25) is 0 Å². The minimum absolute atomic E-state index is 0.238. The van der Waals surface area contributed by atoms with E-state index < -0.39 is 5.97 Å². The molecule has 0 fully saturated rings. The van der Waals surface area contributed by atoms with Crippen molar-refractivity contribution in [3.8, 4) is 0 Å². The van der Waals surface area contributed by atoms with Crippen molar-refractivity contribution < 1.29 is 9.90 Å². The van der Waals surface area contributed by atoms with Crippen LogP contribution in [0.4, 0.5) is 5.82 Å². The van der Waals surface area contributed by atoms with Crippen LogP contribution in [0.3, 0.4) is 0 Å².